The van der Waals surface area contributed by atoms with Crippen molar-refractivity contribution in [2.45, 2.75) is 0 Å². The van der Waals surface area contributed by atoms with Crippen molar-refractivity contribution in [1.29, 1.82) is 0 Å². The first-order valence-corrected chi connectivity index (χ1v) is 19.8. The smallest absolute Gasteiger partial charge is 0.164 e. The summed E-state index contributed by atoms with van der Waals surface area (Å²) in [7, 11) is 0. The molecule has 3 aromatic heterocycles. The predicted octanol–water partition coefficient (Wildman–Crippen LogP) is 14.1. The summed E-state index contributed by atoms with van der Waals surface area (Å²) >= 11 is 0. The van der Waals surface area contributed by atoms with E-state index in [1.807, 2.05) is 6.07 Å². The van der Waals surface area contributed by atoms with E-state index in [1.54, 1.807) is 0 Å². The van der Waals surface area contributed by atoms with Crippen LogP contribution in [-0.2, 0) is 0 Å². The third kappa shape index (κ3) is 5.63. The average Bonchev–Trinajstić information content (AvgIpc) is 3.69. The summed E-state index contributed by atoms with van der Waals surface area (Å²) in [5.41, 5.74) is 9.69. The van der Waals surface area contributed by atoms with Gasteiger partial charge in [0.25, 0.3) is 0 Å². The van der Waals surface area contributed by atoms with E-state index in [-0.39, 0.29) is 0 Å². The fourth-order valence-corrected chi connectivity index (χ4v) is 8.54. The first kappa shape index (κ1) is 33.2. The van der Waals surface area contributed by atoms with Crippen LogP contribution in [0, 0.1) is 0 Å². The Kier molecular flexibility index (Phi) is 7.47. The van der Waals surface area contributed by atoms with Crippen molar-refractivity contribution in [2.24, 2.45) is 0 Å². The van der Waals surface area contributed by atoms with E-state index in [9.17, 15) is 0 Å². The lowest BCUT2D eigenvalue weighted by molar-refractivity contribution is 0.669. The molecule has 0 aliphatic heterocycles. The molecule has 0 aliphatic carbocycles. The number of aromatic nitrogens is 4. The molecule has 12 rings (SSSR count). The van der Waals surface area contributed by atoms with Gasteiger partial charge in [0.2, 0.25) is 0 Å². The van der Waals surface area contributed by atoms with Crippen LogP contribution in [0.4, 0.5) is 0 Å². The first-order valence-electron chi connectivity index (χ1n) is 19.8. The fraction of sp³-hybridized carbons (Fsp3) is 0. The van der Waals surface area contributed by atoms with Gasteiger partial charge in [0, 0.05) is 49.2 Å². The molecule has 59 heavy (non-hydrogen) atoms. The van der Waals surface area contributed by atoms with Gasteiger partial charge in [-0.1, -0.05) is 152 Å². The Bertz CT molecular complexity index is 3510. The SMILES string of the molecule is c1ccc(-c2nc3ccccc3c3c2ccc2oc4ccc(-c5ccc(-c6nc(-c7ccc8ccccc8c7)nc(-c7ccc8ccccc8c7)n6)cc5)cc4c23)cc1. The number of furan rings is 1. The molecule has 0 aliphatic rings. The average molecular weight is 753 g/mol. The maximum Gasteiger partial charge on any atom is 0.164 e. The van der Waals surface area contributed by atoms with Crippen LogP contribution < -0.4 is 0 Å². The highest BCUT2D eigenvalue weighted by Gasteiger charge is 2.19. The summed E-state index contributed by atoms with van der Waals surface area (Å²) in [5, 5.41) is 10.1. The molecular weight excluding hydrogens is 721 g/mol. The van der Waals surface area contributed by atoms with Gasteiger partial charge in [0.05, 0.1) is 11.2 Å². The van der Waals surface area contributed by atoms with Crippen molar-refractivity contribution in [1.82, 2.24) is 19.9 Å². The van der Waals surface area contributed by atoms with Crippen molar-refractivity contribution >= 4 is 65.2 Å². The molecule has 274 valence electrons. The third-order valence-corrected chi connectivity index (χ3v) is 11.5. The Balaban J connectivity index is 0.987. The van der Waals surface area contributed by atoms with Crippen molar-refractivity contribution in [2.75, 3.05) is 0 Å². The van der Waals surface area contributed by atoms with Crippen LogP contribution in [0.5, 0.6) is 0 Å². The Morgan fingerprint density at radius 2 is 0.831 bits per heavy atom. The van der Waals surface area contributed by atoms with Crippen LogP contribution in [0.15, 0.2) is 199 Å². The molecule has 0 unspecified atom stereocenters. The lowest BCUT2D eigenvalue weighted by Gasteiger charge is -2.11. The van der Waals surface area contributed by atoms with E-state index >= 15 is 0 Å². The highest BCUT2D eigenvalue weighted by atomic mass is 16.3. The predicted molar refractivity (Wildman–Crippen MR) is 242 cm³/mol. The monoisotopic (exact) mass is 752 g/mol. The lowest BCUT2D eigenvalue weighted by Crippen LogP contribution is -2.00. The van der Waals surface area contributed by atoms with E-state index < -0.39 is 0 Å². The van der Waals surface area contributed by atoms with Gasteiger partial charge in [0.15, 0.2) is 17.5 Å². The van der Waals surface area contributed by atoms with Crippen molar-refractivity contribution in [3.63, 3.8) is 0 Å². The summed E-state index contributed by atoms with van der Waals surface area (Å²) < 4.78 is 6.52. The number of hydrogen-bond acceptors (Lipinski definition) is 5. The molecule has 9 aromatic carbocycles. The standard InChI is InChI=1S/C54H32N4O/c1-2-12-36(13-3-1)51-44-27-29-48-50(49(44)43-16-8-9-17-46(43)55-51)45-32-40(26-28-47(45)59-48)35-18-22-37(23-19-35)52-56-53(41-24-20-33-10-4-6-14-38(33)30-41)58-54(57-52)42-25-21-34-11-5-7-15-39(34)31-42/h1-32H. The topological polar surface area (TPSA) is 64.7 Å². The van der Waals surface area contributed by atoms with Gasteiger partial charge in [0.1, 0.15) is 11.2 Å². The van der Waals surface area contributed by atoms with Gasteiger partial charge < -0.3 is 4.42 Å². The molecule has 0 atom stereocenters. The molecule has 0 fully saturated rings. The van der Waals surface area contributed by atoms with Crippen molar-refractivity contribution in [3.05, 3.63) is 194 Å². The quantitative estimate of drug-likeness (QED) is 0.164. The van der Waals surface area contributed by atoms with Crippen LogP contribution in [0.3, 0.4) is 0 Å². The third-order valence-electron chi connectivity index (χ3n) is 11.5. The van der Waals surface area contributed by atoms with E-state index in [1.165, 1.54) is 10.8 Å². The Hall–Kier alpha value is -8.02. The number of hydrogen-bond donors (Lipinski definition) is 0. The van der Waals surface area contributed by atoms with Gasteiger partial charge in [-0.05, 0) is 75.1 Å². The molecule has 0 saturated carbocycles. The molecule has 5 nitrogen and oxygen atoms in total. The van der Waals surface area contributed by atoms with Crippen LogP contribution in [0.1, 0.15) is 0 Å². The Morgan fingerprint density at radius 1 is 0.288 bits per heavy atom. The minimum Gasteiger partial charge on any atom is -0.456 e. The second-order valence-corrected chi connectivity index (χ2v) is 15.0. The molecule has 3 heterocycles. The number of pyridine rings is 1. The van der Waals surface area contributed by atoms with Gasteiger partial charge in [-0.2, -0.15) is 0 Å². The Labute approximate surface area is 338 Å². The zero-order valence-corrected chi connectivity index (χ0v) is 31.7. The van der Waals surface area contributed by atoms with Gasteiger partial charge in [-0.3, -0.25) is 0 Å². The molecular formula is C54H32N4O. The van der Waals surface area contributed by atoms with Crippen LogP contribution in [0.25, 0.3) is 122 Å². The van der Waals surface area contributed by atoms with Crippen LogP contribution in [-0.4, -0.2) is 19.9 Å². The van der Waals surface area contributed by atoms with Gasteiger partial charge in [-0.25, -0.2) is 19.9 Å². The second-order valence-electron chi connectivity index (χ2n) is 15.0. The summed E-state index contributed by atoms with van der Waals surface area (Å²) in [6.45, 7) is 0. The first-order chi connectivity index (χ1) is 29.2. The number of nitrogens with zero attached hydrogens (tertiary/aromatic N) is 4. The summed E-state index contributed by atoms with van der Waals surface area (Å²) in [6, 6.07) is 67.5. The van der Waals surface area contributed by atoms with E-state index in [2.05, 4.69) is 188 Å². The van der Waals surface area contributed by atoms with Crippen molar-refractivity contribution < 1.29 is 4.42 Å². The highest BCUT2D eigenvalue weighted by Crippen LogP contribution is 2.42. The molecule has 0 bridgehead atoms. The van der Waals surface area contributed by atoms with Crippen molar-refractivity contribution in [3.8, 4) is 56.5 Å². The summed E-state index contributed by atoms with van der Waals surface area (Å²) in [5.74, 6) is 1.89. The molecule has 5 heteroatoms. The number of fused-ring (bicyclic) bond motifs is 9. The molecule has 0 radical (unpaired) electrons. The molecule has 12 aromatic rings. The van der Waals surface area contributed by atoms with E-state index in [4.69, 9.17) is 24.4 Å². The number of rotatable bonds is 5. The van der Waals surface area contributed by atoms with Gasteiger partial charge >= 0.3 is 0 Å². The zero-order chi connectivity index (χ0) is 38.9. The number of para-hydroxylation sites is 1. The maximum atomic E-state index is 6.52. The minimum absolute atomic E-state index is 0.621. The molecule has 0 saturated heterocycles. The van der Waals surface area contributed by atoms with Gasteiger partial charge in [-0.15, -0.1) is 0 Å². The highest BCUT2D eigenvalue weighted by molar-refractivity contribution is 6.28. The molecule has 0 spiro atoms. The molecule has 0 amide bonds. The largest absolute Gasteiger partial charge is 0.456 e. The fourth-order valence-electron chi connectivity index (χ4n) is 8.54. The lowest BCUT2D eigenvalue weighted by atomic mass is 9.95. The molecule has 0 N–H and O–H groups in total. The number of benzene rings is 9. The van der Waals surface area contributed by atoms with E-state index in [0.717, 1.165) is 93.5 Å². The minimum atomic E-state index is 0.621. The zero-order valence-electron chi connectivity index (χ0n) is 31.7. The maximum absolute atomic E-state index is 6.52. The Morgan fingerprint density at radius 3 is 1.53 bits per heavy atom. The van der Waals surface area contributed by atoms with Crippen LogP contribution >= 0.6 is 0 Å². The second kappa shape index (κ2) is 13.3. The van der Waals surface area contributed by atoms with E-state index in [0.29, 0.717) is 17.5 Å². The van der Waals surface area contributed by atoms with Crippen LogP contribution in [0.2, 0.25) is 0 Å². The summed E-state index contributed by atoms with van der Waals surface area (Å²) in [4.78, 5) is 20.4. The summed E-state index contributed by atoms with van der Waals surface area (Å²) in [6.07, 6.45) is 0. The normalized spacial score (nSPS) is 11.7.